The topological polar surface area (TPSA) is 124 Å². The van der Waals surface area contributed by atoms with Crippen molar-refractivity contribution in [3.63, 3.8) is 0 Å². The van der Waals surface area contributed by atoms with Crippen LogP contribution in [0.5, 0.6) is 5.75 Å². The van der Waals surface area contributed by atoms with Crippen LogP contribution in [-0.2, 0) is 11.3 Å². The maximum Gasteiger partial charge on any atom is 0.255 e. The largest absolute Gasteiger partial charge is 0.496 e. The first-order chi connectivity index (χ1) is 17.4. The molecule has 0 saturated carbocycles. The number of nitrogens with one attached hydrogen (secondary N) is 2. The van der Waals surface area contributed by atoms with E-state index < -0.39 is 0 Å². The van der Waals surface area contributed by atoms with Crippen LogP contribution in [0.15, 0.2) is 47.6 Å². The summed E-state index contributed by atoms with van der Waals surface area (Å²) in [7, 11) is 1.52. The van der Waals surface area contributed by atoms with Gasteiger partial charge in [-0.05, 0) is 50.1 Å². The van der Waals surface area contributed by atoms with Crippen LogP contribution in [0.2, 0.25) is 0 Å². The fourth-order valence-corrected chi connectivity index (χ4v) is 4.82. The molecule has 0 radical (unpaired) electrons. The van der Waals surface area contributed by atoms with Gasteiger partial charge in [0.05, 0.1) is 30.7 Å². The second-order valence-corrected chi connectivity index (χ2v) is 9.92. The van der Waals surface area contributed by atoms with E-state index in [4.69, 9.17) is 4.74 Å². The second kappa shape index (κ2) is 11.3. The fraction of sp³-hybridized carbons (Fsp3) is 0.250. The van der Waals surface area contributed by atoms with Crippen molar-refractivity contribution in [1.29, 1.82) is 0 Å². The number of aromatic nitrogens is 5. The van der Waals surface area contributed by atoms with E-state index in [1.807, 2.05) is 43.5 Å². The van der Waals surface area contributed by atoms with E-state index >= 15 is 0 Å². The Morgan fingerprint density at radius 1 is 1.03 bits per heavy atom. The lowest BCUT2D eigenvalue weighted by Crippen LogP contribution is -2.25. The second-order valence-electron chi connectivity index (χ2n) is 7.80. The van der Waals surface area contributed by atoms with Gasteiger partial charge in [-0.2, -0.15) is 0 Å². The van der Waals surface area contributed by atoms with Crippen LogP contribution in [0.3, 0.4) is 0 Å². The molecule has 2 aromatic heterocycles. The summed E-state index contributed by atoms with van der Waals surface area (Å²) >= 11 is 2.56. The maximum atomic E-state index is 12.8. The molecule has 2 N–H and O–H groups in total. The Kier molecular flexibility index (Phi) is 7.96. The standard InChI is InChI=1S/C24H25N7O3S2/c1-14-8-7-10-18(15(14)2)31-20(12-25-22(33)17-9-5-6-11-19(17)34-4)28-30-24(31)35-13-21(32)26-23-29-27-16(3)36-23/h5-11H,12-13H2,1-4H3,(H,25,33)(H,26,29,32). The number of carbonyl (C=O) groups excluding carboxylic acids is 2. The summed E-state index contributed by atoms with van der Waals surface area (Å²) in [4.78, 5) is 25.3. The number of hydrogen-bond donors (Lipinski definition) is 2. The Hall–Kier alpha value is -3.77. The number of carbonyl (C=O) groups is 2. The minimum atomic E-state index is -0.288. The van der Waals surface area contributed by atoms with Crippen LogP contribution in [0.4, 0.5) is 5.13 Å². The third kappa shape index (κ3) is 5.71. The molecular formula is C24H25N7O3S2. The molecule has 0 atom stereocenters. The third-order valence-corrected chi connectivity index (χ3v) is 7.06. The van der Waals surface area contributed by atoms with Gasteiger partial charge in [0.25, 0.3) is 5.91 Å². The fourth-order valence-electron chi connectivity index (χ4n) is 3.45. The smallest absolute Gasteiger partial charge is 0.255 e. The van der Waals surface area contributed by atoms with Gasteiger partial charge in [-0.25, -0.2) is 0 Å². The summed E-state index contributed by atoms with van der Waals surface area (Å²) in [5, 5.41) is 23.9. The number of nitrogens with zero attached hydrogens (tertiary/aromatic N) is 5. The molecule has 0 aliphatic heterocycles. The highest BCUT2D eigenvalue weighted by molar-refractivity contribution is 7.99. The van der Waals surface area contributed by atoms with Gasteiger partial charge in [-0.1, -0.05) is 47.4 Å². The Labute approximate surface area is 216 Å². The van der Waals surface area contributed by atoms with Gasteiger partial charge in [0.1, 0.15) is 10.8 Å². The zero-order chi connectivity index (χ0) is 25.7. The SMILES string of the molecule is COc1ccccc1C(=O)NCc1nnc(SCC(=O)Nc2nnc(C)s2)n1-c1cccc(C)c1C. The van der Waals surface area contributed by atoms with Crippen molar-refractivity contribution in [2.24, 2.45) is 0 Å². The number of methoxy groups -OCH3 is 1. The van der Waals surface area contributed by atoms with Crippen molar-refractivity contribution in [3.8, 4) is 11.4 Å². The summed E-state index contributed by atoms with van der Waals surface area (Å²) in [5.74, 6) is 0.616. The molecule has 0 saturated heterocycles. The van der Waals surface area contributed by atoms with E-state index in [2.05, 4.69) is 31.0 Å². The van der Waals surface area contributed by atoms with Crippen molar-refractivity contribution < 1.29 is 14.3 Å². The molecule has 10 nitrogen and oxygen atoms in total. The Bertz CT molecular complexity index is 1400. The van der Waals surface area contributed by atoms with Crippen molar-refractivity contribution in [2.75, 3.05) is 18.2 Å². The molecule has 2 amide bonds. The highest BCUT2D eigenvalue weighted by Gasteiger charge is 2.20. The van der Waals surface area contributed by atoms with E-state index in [1.165, 1.54) is 30.2 Å². The molecule has 0 aliphatic rings. The molecular weight excluding hydrogens is 498 g/mol. The van der Waals surface area contributed by atoms with Gasteiger partial charge in [-0.3, -0.25) is 19.5 Å². The quantitative estimate of drug-likeness (QED) is 0.318. The Balaban J connectivity index is 1.56. The zero-order valence-electron chi connectivity index (χ0n) is 20.2. The number of amides is 2. The molecule has 0 unspecified atom stereocenters. The summed E-state index contributed by atoms with van der Waals surface area (Å²) in [6, 6.07) is 13.0. The highest BCUT2D eigenvalue weighted by Crippen LogP contribution is 2.26. The number of thioether (sulfide) groups is 1. The Morgan fingerprint density at radius 3 is 2.58 bits per heavy atom. The van der Waals surface area contributed by atoms with Gasteiger partial charge in [0.15, 0.2) is 11.0 Å². The lowest BCUT2D eigenvalue weighted by Gasteiger charge is -2.15. The summed E-state index contributed by atoms with van der Waals surface area (Å²) in [6.45, 7) is 5.99. The van der Waals surface area contributed by atoms with Crippen LogP contribution in [0.25, 0.3) is 5.69 Å². The number of hydrogen-bond acceptors (Lipinski definition) is 9. The van der Waals surface area contributed by atoms with Crippen molar-refractivity contribution in [2.45, 2.75) is 32.5 Å². The number of aryl methyl sites for hydroxylation is 2. The molecule has 0 bridgehead atoms. The van der Waals surface area contributed by atoms with Crippen LogP contribution >= 0.6 is 23.1 Å². The van der Waals surface area contributed by atoms with Crippen LogP contribution < -0.4 is 15.4 Å². The zero-order valence-corrected chi connectivity index (χ0v) is 21.9. The van der Waals surface area contributed by atoms with E-state index in [9.17, 15) is 9.59 Å². The predicted molar refractivity (Wildman–Crippen MR) is 139 cm³/mol. The van der Waals surface area contributed by atoms with Gasteiger partial charge in [0, 0.05) is 0 Å². The average Bonchev–Trinajstić information content (AvgIpc) is 3.48. The van der Waals surface area contributed by atoms with Crippen molar-refractivity contribution in [1.82, 2.24) is 30.3 Å². The van der Waals surface area contributed by atoms with Gasteiger partial charge in [0.2, 0.25) is 11.0 Å². The van der Waals surface area contributed by atoms with Crippen molar-refractivity contribution in [3.05, 3.63) is 70.0 Å². The minimum Gasteiger partial charge on any atom is -0.496 e. The summed E-state index contributed by atoms with van der Waals surface area (Å²) in [5.41, 5.74) is 3.45. The average molecular weight is 524 g/mol. The minimum absolute atomic E-state index is 0.106. The summed E-state index contributed by atoms with van der Waals surface area (Å²) < 4.78 is 7.17. The highest BCUT2D eigenvalue weighted by atomic mass is 32.2. The number of rotatable bonds is 9. The van der Waals surface area contributed by atoms with Crippen LogP contribution in [0, 0.1) is 20.8 Å². The van der Waals surface area contributed by atoms with Gasteiger partial charge in [-0.15, -0.1) is 20.4 Å². The lowest BCUT2D eigenvalue weighted by atomic mass is 10.1. The Morgan fingerprint density at radius 2 is 1.83 bits per heavy atom. The molecule has 4 rings (SSSR count). The predicted octanol–water partition coefficient (Wildman–Crippen LogP) is 3.71. The normalized spacial score (nSPS) is 10.8. The molecule has 36 heavy (non-hydrogen) atoms. The van der Waals surface area contributed by atoms with E-state index in [1.54, 1.807) is 24.3 Å². The van der Waals surface area contributed by atoms with Crippen LogP contribution in [0.1, 0.15) is 32.3 Å². The monoisotopic (exact) mass is 523 g/mol. The molecule has 2 aromatic carbocycles. The third-order valence-electron chi connectivity index (χ3n) is 5.38. The first kappa shape index (κ1) is 25.3. The number of benzene rings is 2. The van der Waals surface area contributed by atoms with Crippen molar-refractivity contribution >= 4 is 40.0 Å². The van der Waals surface area contributed by atoms with E-state index in [0.29, 0.717) is 27.4 Å². The summed E-state index contributed by atoms with van der Waals surface area (Å²) in [6.07, 6.45) is 0. The number of ether oxygens (including phenoxy) is 1. The number of para-hydroxylation sites is 1. The first-order valence-electron chi connectivity index (χ1n) is 11.0. The molecule has 0 aliphatic carbocycles. The van der Waals surface area contributed by atoms with Gasteiger partial charge >= 0.3 is 0 Å². The molecule has 0 spiro atoms. The van der Waals surface area contributed by atoms with Crippen LogP contribution in [-0.4, -0.2) is 49.6 Å². The van der Waals surface area contributed by atoms with E-state index in [0.717, 1.165) is 21.8 Å². The molecule has 12 heteroatoms. The first-order valence-corrected chi connectivity index (χ1v) is 12.8. The molecule has 0 fully saturated rings. The lowest BCUT2D eigenvalue weighted by molar-refractivity contribution is -0.113. The number of anilines is 1. The molecule has 4 aromatic rings. The molecule has 186 valence electrons. The maximum absolute atomic E-state index is 12.8. The van der Waals surface area contributed by atoms with E-state index in [-0.39, 0.29) is 24.1 Å². The van der Waals surface area contributed by atoms with Gasteiger partial charge < -0.3 is 10.1 Å². The molecule has 2 heterocycles.